The number of aromatic nitrogens is 2. The second kappa shape index (κ2) is 7.17. The summed E-state index contributed by atoms with van der Waals surface area (Å²) in [5, 5.41) is 4.17. The molecule has 0 bridgehead atoms. The van der Waals surface area contributed by atoms with Gasteiger partial charge in [0, 0.05) is 29.8 Å². The van der Waals surface area contributed by atoms with Crippen LogP contribution < -0.4 is 4.74 Å². The lowest BCUT2D eigenvalue weighted by Crippen LogP contribution is -2.09. The van der Waals surface area contributed by atoms with Gasteiger partial charge in [-0.25, -0.2) is 4.79 Å². The third-order valence-electron chi connectivity index (χ3n) is 2.89. The quantitative estimate of drug-likeness (QED) is 0.607. The third-order valence-corrected chi connectivity index (χ3v) is 3.87. The molecule has 1 aromatic heterocycles. The van der Waals surface area contributed by atoms with E-state index in [2.05, 4.69) is 12.0 Å². The predicted octanol–water partition coefficient (Wildman–Crippen LogP) is 2.90. The summed E-state index contributed by atoms with van der Waals surface area (Å²) in [6, 6.07) is 7.38. The minimum absolute atomic E-state index is 0.282. The second-order valence-electron chi connectivity index (χ2n) is 4.32. The maximum Gasteiger partial charge on any atom is 0.338 e. The first-order valence-electron chi connectivity index (χ1n) is 6.61. The molecule has 0 N–H and O–H groups in total. The van der Waals surface area contributed by atoms with Gasteiger partial charge in [0.1, 0.15) is 6.61 Å². The first kappa shape index (κ1) is 15.4. The number of esters is 1. The number of hydrogen-bond donors (Lipinski definition) is 0. The highest BCUT2D eigenvalue weighted by molar-refractivity contribution is 7.99. The van der Waals surface area contributed by atoms with Gasteiger partial charge in [-0.2, -0.15) is 0 Å². The van der Waals surface area contributed by atoms with Crippen molar-refractivity contribution in [2.24, 2.45) is 7.05 Å². The lowest BCUT2D eigenvalue weighted by atomic mass is 10.1. The van der Waals surface area contributed by atoms with Crippen LogP contribution in [0.1, 0.15) is 22.8 Å². The molecule has 5 nitrogen and oxygen atoms in total. The molecule has 1 aromatic carbocycles. The molecule has 0 saturated heterocycles. The minimum atomic E-state index is -0.354. The van der Waals surface area contributed by atoms with E-state index in [9.17, 15) is 4.79 Å². The normalized spacial score (nSPS) is 10.4. The number of benzene rings is 1. The predicted molar refractivity (Wildman–Crippen MR) is 81.7 cm³/mol. The molecule has 0 fully saturated rings. The first-order chi connectivity index (χ1) is 10.2. The van der Waals surface area contributed by atoms with E-state index >= 15 is 0 Å². The molecule has 0 radical (unpaired) electrons. The Morgan fingerprint density at radius 3 is 2.81 bits per heavy atom. The summed E-state index contributed by atoms with van der Waals surface area (Å²) < 4.78 is 12.2. The Bertz CT molecular complexity index is 625. The number of rotatable bonds is 6. The van der Waals surface area contributed by atoms with Crippen molar-refractivity contribution in [2.45, 2.75) is 18.4 Å². The highest BCUT2D eigenvalue weighted by Gasteiger charge is 2.16. The Labute approximate surface area is 128 Å². The van der Waals surface area contributed by atoms with Gasteiger partial charge in [0.15, 0.2) is 0 Å². The lowest BCUT2D eigenvalue weighted by molar-refractivity contribution is 0.0597. The van der Waals surface area contributed by atoms with Crippen LogP contribution in [0.2, 0.25) is 0 Å². The smallest absolute Gasteiger partial charge is 0.338 e. The summed E-state index contributed by atoms with van der Waals surface area (Å²) in [4.78, 5) is 12.9. The molecule has 21 heavy (non-hydrogen) atoms. The van der Waals surface area contributed by atoms with Crippen molar-refractivity contribution in [1.82, 2.24) is 9.78 Å². The molecule has 2 aromatic rings. The zero-order valence-corrected chi connectivity index (χ0v) is 13.1. The van der Waals surface area contributed by atoms with Crippen molar-refractivity contribution >= 4 is 17.7 Å². The summed E-state index contributed by atoms with van der Waals surface area (Å²) in [5.74, 6) is 1.10. The summed E-state index contributed by atoms with van der Waals surface area (Å²) >= 11 is 1.67. The summed E-state index contributed by atoms with van der Waals surface area (Å²) in [6.45, 7) is 2.35. The number of nitrogens with zero attached hydrogens (tertiary/aromatic N) is 2. The van der Waals surface area contributed by atoms with Crippen LogP contribution in [-0.4, -0.2) is 28.6 Å². The van der Waals surface area contributed by atoms with Gasteiger partial charge < -0.3 is 9.47 Å². The molecule has 0 amide bonds. The van der Waals surface area contributed by atoms with Crippen LogP contribution >= 0.6 is 11.8 Å². The van der Waals surface area contributed by atoms with Crippen molar-refractivity contribution < 1.29 is 14.3 Å². The maximum atomic E-state index is 11.9. The summed E-state index contributed by atoms with van der Waals surface area (Å²) in [6.07, 6.45) is 1.81. The van der Waals surface area contributed by atoms with Gasteiger partial charge in [0.2, 0.25) is 5.88 Å². The van der Waals surface area contributed by atoms with Crippen molar-refractivity contribution in [2.75, 3.05) is 12.9 Å². The molecule has 2 rings (SSSR count). The Balaban J connectivity index is 2.27. The van der Waals surface area contributed by atoms with Crippen LogP contribution in [0, 0.1) is 0 Å². The molecular weight excluding hydrogens is 288 g/mol. The van der Waals surface area contributed by atoms with E-state index in [1.54, 1.807) is 28.6 Å². The first-order valence-corrected chi connectivity index (χ1v) is 7.59. The number of aryl methyl sites for hydroxylation is 1. The Kier molecular flexibility index (Phi) is 5.27. The van der Waals surface area contributed by atoms with Gasteiger partial charge in [-0.05, 0) is 17.9 Å². The second-order valence-corrected chi connectivity index (χ2v) is 5.63. The Morgan fingerprint density at radius 1 is 1.38 bits per heavy atom. The summed E-state index contributed by atoms with van der Waals surface area (Å²) in [5.41, 5.74) is 1.37. The van der Waals surface area contributed by atoms with Crippen LogP contribution in [0.5, 0.6) is 5.88 Å². The third kappa shape index (κ3) is 3.78. The average molecular weight is 306 g/mol. The highest BCUT2D eigenvalue weighted by atomic mass is 32.2. The fourth-order valence-corrected chi connectivity index (χ4v) is 2.75. The molecule has 0 atom stereocenters. The van der Waals surface area contributed by atoms with E-state index in [1.165, 1.54) is 7.11 Å². The number of ether oxygens (including phenoxy) is 2. The van der Waals surface area contributed by atoms with E-state index in [0.717, 1.165) is 16.2 Å². The molecule has 0 aliphatic carbocycles. The van der Waals surface area contributed by atoms with Crippen LogP contribution in [0.25, 0.3) is 0 Å². The van der Waals surface area contributed by atoms with E-state index in [1.807, 2.05) is 25.4 Å². The van der Waals surface area contributed by atoms with Gasteiger partial charge in [-0.1, -0.05) is 13.0 Å². The van der Waals surface area contributed by atoms with Crippen LogP contribution in [-0.2, 0) is 18.4 Å². The standard InChI is InChI=1S/C15H18N2O3S/c1-4-21-13-7-5-6-11(15(18)19-3)12(13)10-20-14-8-9-17(2)16-14/h5-9H,4,10H2,1-3H3. The topological polar surface area (TPSA) is 53.4 Å². The van der Waals surface area contributed by atoms with Crippen LogP contribution in [0.4, 0.5) is 0 Å². The number of thioether (sulfide) groups is 1. The van der Waals surface area contributed by atoms with Gasteiger partial charge in [-0.3, -0.25) is 4.68 Å². The number of methoxy groups -OCH3 is 1. The molecule has 0 saturated carbocycles. The largest absolute Gasteiger partial charge is 0.472 e. The maximum absolute atomic E-state index is 11.9. The van der Waals surface area contributed by atoms with Crippen molar-refractivity contribution in [3.05, 3.63) is 41.6 Å². The zero-order valence-electron chi connectivity index (χ0n) is 12.3. The van der Waals surface area contributed by atoms with E-state index < -0.39 is 0 Å². The fourth-order valence-electron chi connectivity index (χ4n) is 1.92. The monoisotopic (exact) mass is 306 g/mol. The minimum Gasteiger partial charge on any atom is -0.472 e. The number of hydrogen-bond acceptors (Lipinski definition) is 5. The van der Waals surface area contributed by atoms with Gasteiger partial charge >= 0.3 is 5.97 Å². The van der Waals surface area contributed by atoms with Gasteiger partial charge in [0.25, 0.3) is 0 Å². The Hall–Kier alpha value is -1.95. The average Bonchev–Trinajstić information content (AvgIpc) is 2.91. The molecule has 0 spiro atoms. The SMILES string of the molecule is CCSc1cccc(C(=O)OC)c1COc1ccn(C)n1. The van der Waals surface area contributed by atoms with Gasteiger partial charge in [0.05, 0.1) is 12.7 Å². The summed E-state index contributed by atoms with van der Waals surface area (Å²) in [7, 11) is 3.21. The number of carbonyl (C=O) groups excluding carboxylic acids is 1. The molecule has 6 heteroatoms. The molecule has 0 aliphatic rings. The fraction of sp³-hybridized carbons (Fsp3) is 0.333. The lowest BCUT2D eigenvalue weighted by Gasteiger charge is -2.13. The molecule has 0 aliphatic heterocycles. The zero-order chi connectivity index (χ0) is 15.2. The molecule has 1 heterocycles. The van der Waals surface area contributed by atoms with Crippen molar-refractivity contribution in [3.8, 4) is 5.88 Å². The van der Waals surface area contributed by atoms with Crippen molar-refractivity contribution in [3.63, 3.8) is 0 Å². The van der Waals surface area contributed by atoms with Crippen molar-refractivity contribution in [1.29, 1.82) is 0 Å². The van der Waals surface area contributed by atoms with E-state index in [4.69, 9.17) is 9.47 Å². The molecule has 112 valence electrons. The number of carbonyl (C=O) groups is 1. The van der Waals surface area contributed by atoms with E-state index in [-0.39, 0.29) is 12.6 Å². The van der Waals surface area contributed by atoms with E-state index in [0.29, 0.717) is 11.4 Å². The molecular formula is C15H18N2O3S. The Morgan fingerprint density at radius 2 is 2.19 bits per heavy atom. The highest BCUT2D eigenvalue weighted by Crippen LogP contribution is 2.27. The van der Waals surface area contributed by atoms with Crippen LogP contribution in [0.15, 0.2) is 35.4 Å². The van der Waals surface area contributed by atoms with Crippen LogP contribution in [0.3, 0.4) is 0 Å². The molecule has 0 unspecified atom stereocenters. The van der Waals surface area contributed by atoms with Gasteiger partial charge in [-0.15, -0.1) is 16.9 Å².